The van der Waals surface area contributed by atoms with Gasteiger partial charge in [-0.05, 0) is 43.9 Å². The summed E-state index contributed by atoms with van der Waals surface area (Å²) >= 11 is 5.90. The van der Waals surface area contributed by atoms with Gasteiger partial charge in [-0.15, -0.1) is 0 Å². The first-order valence-electron chi connectivity index (χ1n) is 7.30. The number of hydrogen-bond acceptors (Lipinski definition) is 3. The van der Waals surface area contributed by atoms with Crippen molar-refractivity contribution >= 4 is 11.6 Å². The Morgan fingerprint density at radius 1 is 1.40 bits per heavy atom. The first kappa shape index (κ1) is 15.8. The van der Waals surface area contributed by atoms with Crippen LogP contribution in [0.5, 0.6) is 0 Å². The standard InChI is InChI=1S/C16H24ClNO2/c1-13(10-14-2-4-15(17)5-3-14)18-11-16(6-8-19)7-9-20-12-16/h2-5,13,18-19H,6-12H2,1H3. The van der Waals surface area contributed by atoms with Crippen LogP contribution in [0.15, 0.2) is 24.3 Å². The molecule has 3 nitrogen and oxygen atoms in total. The average Bonchev–Trinajstić information content (AvgIpc) is 2.89. The number of ether oxygens (including phenoxy) is 1. The van der Waals surface area contributed by atoms with Crippen LogP contribution in [0, 0.1) is 5.41 Å². The first-order chi connectivity index (χ1) is 9.63. The van der Waals surface area contributed by atoms with Crippen LogP contribution in [0.2, 0.25) is 5.02 Å². The molecule has 0 aliphatic carbocycles. The molecule has 1 fully saturated rings. The highest BCUT2D eigenvalue weighted by atomic mass is 35.5. The molecular weight excluding hydrogens is 274 g/mol. The minimum atomic E-state index is 0.114. The van der Waals surface area contributed by atoms with Crippen molar-refractivity contribution < 1.29 is 9.84 Å². The van der Waals surface area contributed by atoms with Crippen LogP contribution in [-0.4, -0.2) is 37.5 Å². The molecule has 1 heterocycles. The molecule has 2 atom stereocenters. The van der Waals surface area contributed by atoms with Crippen LogP contribution in [0.25, 0.3) is 0 Å². The Bertz CT molecular complexity index is 401. The smallest absolute Gasteiger partial charge is 0.0536 e. The second kappa shape index (κ2) is 7.41. The Morgan fingerprint density at radius 3 is 2.75 bits per heavy atom. The van der Waals surface area contributed by atoms with E-state index in [1.165, 1.54) is 5.56 Å². The van der Waals surface area contributed by atoms with Gasteiger partial charge in [-0.3, -0.25) is 0 Å². The summed E-state index contributed by atoms with van der Waals surface area (Å²) in [6.45, 7) is 4.90. The summed E-state index contributed by atoms with van der Waals surface area (Å²) in [6, 6.07) is 8.40. The van der Waals surface area contributed by atoms with Gasteiger partial charge in [-0.25, -0.2) is 0 Å². The van der Waals surface area contributed by atoms with Gasteiger partial charge in [0.2, 0.25) is 0 Å². The van der Waals surface area contributed by atoms with Crippen LogP contribution >= 0.6 is 11.6 Å². The molecule has 0 spiro atoms. The van der Waals surface area contributed by atoms with Crippen molar-refractivity contribution in [2.75, 3.05) is 26.4 Å². The molecule has 0 radical (unpaired) electrons. The second-order valence-corrected chi connectivity index (χ2v) is 6.33. The molecule has 0 bridgehead atoms. The second-order valence-electron chi connectivity index (χ2n) is 5.89. The van der Waals surface area contributed by atoms with Crippen molar-refractivity contribution in [3.05, 3.63) is 34.9 Å². The molecule has 1 aliphatic rings. The Labute approximate surface area is 126 Å². The van der Waals surface area contributed by atoms with Gasteiger partial charge >= 0.3 is 0 Å². The van der Waals surface area contributed by atoms with Gasteiger partial charge in [-0.2, -0.15) is 0 Å². The lowest BCUT2D eigenvalue weighted by Gasteiger charge is -2.29. The van der Waals surface area contributed by atoms with E-state index in [0.717, 1.165) is 44.0 Å². The number of nitrogens with one attached hydrogen (secondary N) is 1. The quantitative estimate of drug-likeness (QED) is 0.813. The molecule has 1 aromatic carbocycles. The molecule has 20 heavy (non-hydrogen) atoms. The Kier molecular flexibility index (Phi) is 5.85. The number of rotatable bonds is 7. The van der Waals surface area contributed by atoms with E-state index in [4.69, 9.17) is 16.3 Å². The van der Waals surface area contributed by atoms with Gasteiger partial charge in [-0.1, -0.05) is 23.7 Å². The predicted molar refractivity (Wildman–Crippen MR) is 82.2 cm³/mol. The minimum Gasteiger partial charge on any atom is -0.396 e. The topological polar surface area (TPSA) is 41.5 Å². The van der Waals surface area contributed by atoms with E-state index in [1.807, 2.05) is 12.1 Å². The third kappa shape index (κ3) is 4.45. The van der Waals surface area contributed by atoms with E-state index in [-0.39, 0.29) is 12.0 Å². The summed E-state index contributed by atoms with van der Waals surface area (Å²) in [5.74, 6) is 0. The van der Waals surface area contributed by atoms with E-state index in [9.17, 15) is 5.11 Å². The van der Waals surface area contributed by atoms with Gasteiger partial charge in [0.05, 0.1) is 6.61 Å². The number of benzene rings is 1. The highest BCUT2D eigenvalue weighted by Crippen LogP contribution is 2.31. The molecule has 112 valence electrons. The van der Waals surface area contributed by atoms with Gasteiger partial charge < -0.3 is 15.2 Å². The SMILES string of the molecule is CC(Cc1ccc(Cl)cc1)NCC1(CCO)CCOC1. The third-order valence-corrected chi connectivity index (χ3v) is 4.36. The van der Waals surface area contributed by atoms with Crippen LogP contribution in [-0.2, 0) is 11.2 Å². The number of halogens is 1. The lowest BCUT2D eigenvalue weighted by molar-refractivity contribution is 0.122. The summed E-state index contributed by atoms with van der Waals surface area (Å²) in [5, 5.41) is 13.6. The van der Waals surface area contributed by atoms with Crippen LogP contribution in [0.4, 0.5) is 0 Å². The highest BCUT2D eigenvalue weighted by Gasteiger charge is 2.34. The molecule has 1 aromatic rings. The molecule has 0 aromatic heterocycles. The summed E-state index contributed by atoms with van der Waals surface area (Å²) in [7, 11) is 0. The third-order valence-electron chi connectivity index (χ3n) is 4.11. The maximum atomic E-state index is 9.22. The van der Waals surface area contributed by atoms with Crippen LogP contribution in [0.1, 0.15) is 25.3 Å². The number of hydrogen-bond donors (Lipinski definition) is 2. The van der Waals surface area contributed by atoms with Crippen molar-refractivity contribution in [1.82, 2.24) is 5.32 Å². The molecule has 1 saturated heterocycles. The normalized spacial score (nSPS) is 23.9. The largest absolute Gasteiger partial charge is 0.396 e. The maximum Gasteiger partial charge on any atom is 0.0536 e. The van der Waals surface area contributed by atoms with Crippen molar-refractivity contribution in [2.45, 2.75) is 32.2 Å². The maximum absolute atomic E-state index is 9.22. The Balaban J connectivity index is 1.81. The molecule has 1 aliphatic heterocycles. The number of aliphatic hydroxyl groups is 1. The van der Waals surface area contributed by atoms with Crippen LogP contribution < -0.4 is 5.32 Å². The zero-order valence-electron chi connectivity index (χ0n) is 12.1. The summed E-state index contributed by atoms with van der Waals surface area (Å²) in [5.41, 5.74) is 1.40. The zero-order chi connectivity index (χ0) is 14.4. The fourth-order valence-electron chi connectivity index (χ4n) is 2.75. The summed E-state index contributed by atoms with van der Waals surface area (Å²) in [6.07, 6.45) is 2.83. The first-order valence-corrected chi connectivity index (χ1v) is 7.68. The van der Waals surface area contributed by atoms with Gasteiger partial charge in [0, 0.05) is 36.2 Å². The Hall–Kier alpha value is -0.610. The highest BCUT2D eigenvalue weighted by molar-refractivity contribution is 6.30. The van der Waals surface area contributed by atoms with Crippen molar-refractivity contribution in [1.29, 1.82) is 0 Å². The summed E-state index contributed by atoms with van der Waals surface area (Å²) in [4.78, 5) is 0. The molecule has 0 saturated carbocycles. The zero-order valence-corrected chi connectivity index (χ0v) is 12.8. The van der Waals surface area contributed by atoms with E-state index < -0.39 is 0 Å². The van der Waals surface area contributed by atoms with E-state index in [2.05, 4.69) is 24.4 Å². The number of aliphatic hydroxyl groups excluding tert-OH is 1. The predicted octanol–water partition coefficient (Wildman–Crippen LogP) is 2.65. The monoisotopic (exact) mass is 297 g/mol. The Morgan fingerprint density at radius 2 is 2.15 bits per heavy atom. The average molecular weight is 298 g/mol. The fraction of sp³-hybridized carbons (Fsp3) is 0.625. The van der Waals surface area contributed by atoms with Gasteiger partial charge in [0.15, 0.2) is 0 Å². The lowest BCUT2D eigenvalue weighted by atomic mass is 9.83. The molecule has 2 N–H and O–H groups in total. The van der Waals surface area contributed by atoms with Crippen molar-refractivity contribution in [3.8, 4) is 0 Å². The van der Waals surface area contributed by atoms with E-state index in [0.29, 0.717) is 6.04 Å². The molecule has 2 unspecified atom stereocenters. The molecular formula is C16H24ClNO2. The molecule has 0 amide bonds. The van der Waals surface area contributed by atoms with Crippen molar-refractivity contribution in [3.63, 3.8) is 0 Å². The van der Waals surface area contributed by atoms with E-state index in [1.54, 1.807) is 0 Å². The van der Waals surface area contributed by atoms with Crippen molar-refractivity contribution in [2.24, 2.45) is 5.41 Å². The van der Waals surface area contributed by atoms with Gasteiger partial charge in [0.1, 0.15) is 0 Å². The van der Waals surface area contributed by atoms with E-state index >= 15 is 0 Å². The lowest BCUT2D eigenvalue weighted by Crippen LogP contribution is -2.40. The molecule has 4 heteroatoms. The van der Waals surface area contributed by atoms with Gasteiger partial charge in [0.25, 0.3) is 0 Å². The summed E-state index contributed by atoms with van der Waals surface area (Å²) < 4.78 is 5.51. The minimum absolute atomic E-state index is 0.114. The van der Waals surface area contributed by atoms with Crippen LogP contribution in [0.3, 0.4) is 0 Å². The molecule has 2 rings (SSSR count). The fourth-order valence-corrected chi connectivity index (χ4v) is 2.87.